The van der Waals surface area contributed by atoms with E-state index < -0.39 is 39.1 Å². The number of aromatic carboxylic acids is 1. The molecule has 1 rings (SSSR count). The molecule has 0 spiro atoms. The van der Waals surface area contributed by atoms with Crippen molar-refractivity contribution in [2.75, 3.05) is 0 Å². The Morgan fingerprint density at radius 3 is 2.29 bits per heavy atom. The molecule has 94 valence electrons. The summed E-state index contributed by atoms with van der Waals surface area (Å²) >= 11 is 1.15. The highest BCUT2D eigenvalue weighted by atomic mass is 127. The van der Waals surface area contributed by atoms with Crippen LogP contribution in [0.3, 0.4) is 0 Å². The predicted octanol–water partition coefficient (Wildman–Crippen LogP) is 3.34. The maximum atomic E-state index is 12.4. The number of hydrogen-bond acceptors (Lipinski definition) is 2. The van der Waals surface area contributed by atoms with E-state index in [1.165, 1.54) is 0 Å². The lowest BCUT2D eigenvalue weighted by molar-refractivity contribution is -0.138. The van der Waals surface area contributed by atoms with Gasteiger partial charge in [0.15, 0.2) is 5.69 Å². The number of alkyl halides is 5. The van der Waals surface area contributed by atoms with E-state index in [1.807, 2.05) is 0 Å². The van der Waals surface area contributed by atoms with Gasteiger partial charge in [0, 0.05) is 0 Å². The van der Waals surface area contributed by atoms with Gasteiger partial charge in [-0.2, -0.15) is 13.2 Å². The first-order chi connectivity index (χ1) is 7.64. The Morgan fingerprint density at radius 2 is 1.94 bits per heavy atom. The second kappa shape index (κ2) is 4.70. The smallest absolute Gasteiger partial charge is 0.418 e. The van der Waals surface area contributed by atoms with Gasteiger partial charge in [0.25, 0.3) is 6.43 Å². The van der Waals surface area contributed by atoms with Crippen LogP contribution in [0.15, 0.2) is 6.07 Å². The molecule has 0 bridgehead atoms. The second-order valence-electron chi connectivity index (χ2n) is 2.87. The first-order valence-corrected chi connectivity index (χ1v) is 5.01. The number of halogens is 6. The second-order valence-corrected chi connectivity index (χ2v) is 3.89. The third-order valence-electron chi connectivity index (χ3n) is 1.75. The van der Waals surface area contributed by atoms with Crippen LogP contribution < -0.4 is 0 Å². The van der Waals surface area contributed by atoms with E-state index in [1.54, 1.807) is 0 Å². The van der Waals surface area contributed by atoms with Crippen LogP contribution in [0.4, 0.5) is 22.0 Å². The summed E-state index contributed by atoms with van der Waals surface area (Å²) in [6.45, 7) is 0. The van der Waals surface area contributed by atoms with E-state index in [0.717, 1.165) is 22.6 Å². The minimum atomic E-state index is -4.86. The summed E-state index contributed by atoms with van der Waals surface area (Å²) in [5.74, 6) is -1.80. The summed E-state index contributed by atoms with van der Waals surface area (Å²) in [6.07, 6.45) is -8.20. The van der Waals surface area contributed by atoms with E-state index >= 15 is 0 Å². The summed E-state index contributed by atoms with van der Waals surface area (Å²) in [4.78, 5) is 13.6. The van der Waals surface area contributed by atoms with Crippen LogP contribution in [-0.2, 0) is 6.18 Å². The average Bonchev–Trinajstić information content (AvgIpc) is 2.14. The van der Waals surface area contributed by atoms with E-state index in [9.17, 15) is 26.7 Å². The Hall–Kier alpha value is -1.00. The molecule has 0 aliphatic carbocycles. The van der Waals surface area contributed by atoms with E-state index in [2.05, 4.69) is 4.98 Å². The van der Waals surface area contributed by atoms with Crippen molar-refractivity contribution >= 4 is 28.6 Å². The SMILES string of the molecule is O=C(O)c1nc(I)c(C(F)(F)F)cc1C(F)F. The van der Waals surface area contributed by atoms with Crippen LogP contribution in [0.25, 0.3) is 0 Å². The zero-order chi connectivity index (χ0) is 13.4. The summed E-state index contributed by atoms with van der Waals surface area (Å²) in [6, 6.07) is 0.114. The molecule has 3 nitrogen and oxygen atoms in total. The Balaban J connectivity index is 3.51. The van der Waals surface area contributed by atoms with Crippen LogP contribution in [0.2, 0.25) is 0 Å². The molecule has 1 heterocycles. The van der Waals surface area contributed by atoms with Gasteiger partial charge >= 0.3 is 12.1 Å². The number of carboxylic acid groups (broad SMARTS) is 1. The number of rotatable bonds is 2. The highest BCUT2D eigenvalue weighted by molar-refractivity contribution is 14.1. The van der Waals surface area contributed by atoms with Crippen molar-refractivity contribution in [3.05, 3.63) is 26.6 Å². The zero-order valence-electron chi connectivity index (χ0n) is 7.73. The fraction of sp³-hybridized carbons (Fsp3) is 0.250. The summed E-state index contributed by atoms with van der Waals surface area (Å²) in [5, 5.41) is 8.55. The highest BCUT2D eigenvalue weighted by Crippen LogP contribution is 2.35. The van der Waals surface area contributed by atoms with Crippen LogP contribution in [0.1, 0.15) is 28.0 Å². The van der Waals surface area contributed by atoms with Crippen molar-refractivity contribution in [1.82, 2.24) is 4.98 Å². The van der Waals surface area contributed by atoms with Gasteiger partial charge in [-0.15, -0.1) is 0 Å². The van der Waals surface area contributed by atoms with Crippen LogP contribution in [0.5, 0.6) is 0 Å². The number of aromatic nitrogens is 1. The van der Waals surface area contributed by atoms with Crippen LogP contribution >= 0.6 is 22.6 Å². The fourth-order valence-corrected chi connectivity index (χ4v) is 1.75. The van der Waals surface area contributed by atoms with Gasteiger partial charge in [0.1, 0.15) is 3.70 Å². The minimum absolute atomic E-state index is 0.114. The fourth-order valence-electron chi connectivity index (χ4n) is 1.04. The van der Waals surface area contributed by atoms with Gasteiger partial charge < -0.3 is 5.11 Å². The molecule has 0 amide bonds. The first-order valence-electron chi connectivity index (χ1n) is 3.93. The van der Waals surface area contributed by atoms with E-state index in [-0.39, 0.29) is 6.07 Å². The quantitative estimate of drug-likeness (QED) is 0.496. The molecule has 0 fully saturated rings. The molecule has 17 heavy (non-hydrogen) atoms. The molecule has 9 heteroatoms. The summed E-state index contributed by atoms with van der Waals surface area (Å²) < 4.78 is 61.3. The molecule has 0 saturated heterocycles. The number of pyridine rings is 1. The first kappa shape index (κ1) is 14.1. The lowest BCUT2D eigenvalue weighted by Crippen LogP contribution is -2.15. The van der Waals surface area contributed by atoms with Gasteiger partial charge in [-0.05, 0) is 28.7 Å². The monoisotopic (exact) mass is 367 g/mol. The molecular weight excluding hydrogens is 364 g/mol. The molecule has 0 aliphatic heterocycles. The van der Waals surface area contributed by atoms with Gasteiger partial charge in [0.2, 0.25) is 0 Å². The highest BCUT2D eigenvalue weighted by Gasteiger charge is 2.36. The molecule has 1 aromatic heterocycles. The topological polar surface area (TPSA) is 50.2 Å². The predicted molar refractivity (Wildman–Crippen MR) is 53.9 cm³/mol. The molecule has 1 N–H and O–H groups in total. The number of nitrogens with zero attached hydrogens (tertiary/aromatic N) is 1. The summed E-state index contributed by atoms with van der Waals surface area (Å²) in [5.41, 5.74) is -3.69. The van der Waals surface area contributed by atoms with Gasteiger partial charge in [-0.1, -0.05) is 0 Å². The molecular formula is C8H3F5INO2. The zero-order valence-corrected chi connectivity index (χ0v) is 9.88. The molecule has 1 aromatic rings. The van der Waals surface area contributed by atoms with E-state index in [0.29, 0.717) is 0 Å². The van der Waals surface area contributed by atoms with Gasteiger partial charge in [0.05, 0.1) is 11.1 Å². The lowest BCUT2D eigenvalue weighted by atomic mass is 10.1. The number of carbonyl (C=O) groups is 1. The number of carboxylic acids is 1. The van der Waals surface area contributed by atoms with Crippen molar-refractivity contribution in [2.24, 2.45) is 0 Å². The van der Waals surface area contributed by atoms with Crippen molar-refractivity contribution in [3.63, 3.8) is 0 Å². The Morgan fingerprint density at radius 1 is 1.41 bits per heavy atom. The van der Waals surface area contributed by atoms with Crippen molar-refractivity contribution < 1.29 is 31.9 Å². The maximum Gasteiger partial charge on any atom is 0.418 e. The van der Waals surface area contributed by atoms with Crippen LogP contribution in [0, 0.1) is 3.70 Å². The molecule has 0 atom stereocenters. The third-order valence-corrected chi connectivity index (χ3v) is 2.57. The normalized spacial score (nSPS) is 11.9. The maximum absolute atomic E-state index is 12.4. The van der Waals surface area contributed by atoms with Gasteiger partial charge in [-0.3, -0.25) is 0 Å². The Bertz CT molecular complexity index is 460. The minimum Gasteiger partial charge on any atom is -0.476 e. The summed E-state index contributed by atoms with van der Waals surface area (Å²) in [7, 11) is 0. The average molecular weight is 367 g/mol. The molecule has 0 unspecified atom stereocenters. The van der Waals surface area contributed by atoms with Crippen molar-refractivity contribution in [1.29, 1.82) is 0 Å². The lowest BCUT2D eigenvalue weighted by Gasteiger charge is -2.12. The molecule has 0 radical (unpaired) electrons. The molecule has 0 saturated carbocycles. The van der Waals surface area contributed by atoms with Crippen molar-refractivity contribution in [3.8, 4) is 0 Å². The number of hydrogen-bond donors (Lipinski definition) is 1. The standard InChI is InChI=1S/C8H3F5INO2/c9-5(10)2-1-3(8(11,12)13)6(14)15-4(2)7(16)17/h1,5H,(H,16,17). The van der Waals surface area contributed by atoms with Gasteiger partial charge in [-0.25, -0.2) is 18.6 Å². The third kappa shape index (κ3) is 3.01. The Kier molecular flexibility index (Phi) is 3.89. The molecule has 0 aromatic carbocycles. The largest absolute Gasteiger partial charge is 0.476 e. The molecule has 0 aliphatic rings. The van der Waals surface area contributed by atoms with Crippen LogP contribution in [-0.4, -0.2) is 16.1 Å². The Labute approximate surface area is 105 Å². The van der Waals surface area contributed by atoms with Crippen molar-refractivity contribution in [2.45, 2.75) is 12.6 Å². The van der Waals surface area contributed by atoms with E-state index in [4.69, 9.17) is 5.11 Å².